The lowest BCUT2D eigenvalue weighted by molar-refractivity contribution is 0.198. The van der Waals surface area contributed by atoms with Gasteiger partial charge in [-0.15, -0.1) is 0 Å². The Balaban J connectivity index is 2.07. The van der Waals surface area contributed by atoms with Crippen LogP contribution in [0.2, 0.25) is 0 Å². The van der Waals surface area contributed by atoms with Crippen molar-refractivity contribution in [3.63, 3.8) is 0 Å². The Bertz CT molecular complexity index is 346. The van der Waals surface area contributed by atoms with Crippen LogP contribution in [0.15, 0.2) is 24.3 Å². The van der Waals surface area contributed by atoms with Gasteiger partial charge in [0.2, 0.25) is 0 Å². The summed E-state index contributed by atoms with van der Waals surface area (Å²) in [6, 6.07) is 9.13. The zero-order valence-corrected chi connectivity index (χ0v) is 10.7. The van der Waals surface area contributed by atoms with E-state index < -0.39 is 0 Å². The molecule has 1 aliphatic rings. The van der Waals surface area contributed by atoms with Crippen molar-refractivity contribution in [1.29, 1.82) is 0 Å². The molecule has 17 heavy (non-hydrogen) atoms. The van der Waals surface area contributed by atoms with Gasteiger partial charge in [0.05, 0.1) is 6.10 Å². The van der Waals surface area contributed by atoms with Gasteiger partial charge in [-0.3, -0.25) is 0 Å². The summed E-state index contributed by atoms with van der Waals surface area (Å²) in [5, 5.41) is 12.8. The molecule has 0 bridgehead atoms. The molecule has 1 aliphatic heterocycles. The summed E-state index contributed by atoms with van der Waals surface area (Å²) in [5.74, 6) is 0. The van der Waals surface area contributed by atoms with E-state index >= 15 is 0 Å². The Kier molecular flexibility index (Phi) is 4.02. The molecule has 3 heteroatoms. The van der Waals surface area contributed by atoms with Crippen LogP contribution < -0.4 is 10.2 Å². The van der Waals surface area contributed by atoms with Gasteiger partial charge < -0.3 is 15.3 Å². The summed E-state index contributed by atoms with van der Waals surface area (Å²) in [6.07, 6.45) is 1.82. The van der Waals surface area contributed by atoms with Gasteiger partial charge in [-0.1, -0.05) is 19.1 Å². The van der Waals surface area contributed by atoms with Crippen LogP contribution in [0, 0.1) is 0 Å². The minimum absolute atomic E-state index is 0.157. The molecule has 0 aromatic heterocycles. The third-order valence-corrected chi connectivity index (χ3v) is 3.58. The smallest absolute Gasteiger partial charge is 0.0731 e. The maximum absolute atomic E-state index is 9.53. The molecule has 2 rings (SSSR count). The third kappa shape index (κ3) is 2.79. The average Bonchev–Trinajstić information content (AvgIpc) is 2.78. The number of aliphatic hydroxyl groups excluding tert-OH is 1. The Morgan fingerprint density at radius 3 is 2.59 bits per heavy atom. The van der Waals surface area contributed by atoms with E-state index in [1.165, 1.54) is 11.3 Å². The molecule has 1 heterocycles. The number of anilines is 1. The van der Waals surface area contributed by atoms with E-state index in [4.69, 9.17) is 0 Å². The monoisotopic (exact) mass is 234 g/mol. The van der Waals surface area contributed by atoms with Crippen molar-refractivity contribution in [2.45, 2.75) is 31.9 Å². The second-order valence-corrected chi connectivity index (χ2v) is 4.73. The highest BCUT2D eigenvalue weighted by molar-refractivity contribution is 5.49. The van der Waals surface area contributed by atoms with Gasteiger partial charge in [-0.2, -0.15) is 0 Å². The summed E-state index contributed by atoms with van der Waals surface area (Å²) in [7, 11) is 2.00. The molecule has 1 aromatic carbocycles. The molecule has 2 atom stereocenters. The normalized spacial score (nSPS) is 21.8. The lowest BCUT2D eigenvalue weighted by Gasteiger charge is -2.20. The Hall–Kier alpha value is -1.06. The topological polar surface area (TPSA) is 35.5 Å². The van der Waals surface area contributed by atoms with E-state index in [2.05, 4.69) is 41.4 Å². The van der Waals surface area contributed by atoms with Crippen LogP contribution in [0.3, 0.4) is 0 Å². The summed E-state index contributed by atoms with van der Waals surface area (Å²) < 4.78 is 0. The van der Waals surface area contributed by atoms with E-state index in [1.807, 2.05) is 7.05 Å². The fourth-order valence-corrected chi connectivity index (χ4v) is 2.50. The van der Waals surface area contributed by atoms with Crippen LogP contribution in [0.1, 0.15) is 31.4 Å². The van der Waals surface area contributed by atoms with Crippen molar-refractivity contribution in [2.24, 2.45) is 0 Å². The number of hydrogen-bond donors (Lipinski definition) is 2. The largest absolute Gasteiger partial charge is 0.391 e. The second-order valence-electron chi connectivity index (χ2n) is 4.73. The number of rotatable bonds is 4. The highest BCUT2D eigenvalue weighted by atomic mass is 16.3. The zero-order valence-electron chi connectivity index (χ0n) is 10.7. The van der Waals surface area contributed by atoms with Crippen LogP contribution in [-0.2, 0) is 0 Å². The summed E-state index contributed by atoms with van der Waals surface area (Å²) in [6.45, 7) is 3.91. The van der Waals surface area contributed by atoms with Gasteiger partial charge in [0.15, 0.2) is 0 Å². The predicted octanol–water partition coefficient (Wildman–Crippen LogP) is 1.93. The molecule has 3 nitrogen and oxygen atoms in total. The molecular formula is C14H22N2O. The molecule has 2 unspecified atom stereocenters. The van der Waals surface area contributed by atoms with Crippen LogP contribution in [0.5, 0.6) is 0 Å². The van der Waals surface area contributed by atoms with E-state index in [0.29, 0.717) is 6.04 Å². The van der Waals surface area contributed by atoms with Crippen molar-refractivity contribution in [1.82, 2.24) is 5.32 Å². The molecule has 1 aromatic rings. The number of aliphatic hydroxyl groups is 1. The number of nitrogens with one attached hydrogen (secondary N) is 1. The average molecular weight is 234 g/mol. The molecule has 94 valence electrons. The number of benzene rings is 1. The lowest BCUT2D eigenvalue weighted by Crippen LogP contribution is -2.21. The minimum Gasteiger partial charge on any atom is -0.391 e. The van der Waals surface area contributed by atoms with Gasteiger partial charge in [-0.05, 0) is 37.6 Å². The van der Waals surface area contributed by atoms with Crippen LogP contribution >= 0.6 is 0 Å². The van der Waals surface area contributed by atoms with Crippen molar-refractivity contribution >= 4 is 5.69 Å². The van der Waals surface area contributed by atoms with Gasteiger partial charge in [0.1, 0.15) is 0 Å². The molecule has 0 saturated carbocycles. The van der Waals surface area contributed by atoms with Crippen LogP contribution in [0.25, 0.3) is 0 Å². The van der Waals surface area contributed by atoms with E-state index in [1.54, 1.807) is 0 Å². The summed E-state index contributed by atoms with van der Waals surface area (Å²) in [5.41, 5.74) is 2.55. The molecule has 1 fully saturated rings. The van der Waals surface area contributed by atoms with Gasteiger partial charge >= 0.3 is 0 Å². The molecule has 2 N–H and O–H groups in total. The first-order valence-electron chi connectivity index (χ1n) is 6.44. The Morgan fingerprint density at radius 1 is 1.41 bits per heavy atom. The van der Waals surface area contributed by atoms with Gasteiger partial charge in [-0.25, -0.2) is 0 Å². The maximum atomic E-state index is 9.53. The zero-order chi connectivity index (χ0) is 12.3. The van der Waals surface area contributed by atoms with E-state index in [-0.39, 0.29) is 6.10 Å². The Labute approximate surface area is 103 Å². The SMILES string of the molecule is CCC(NC)c1ccc(N2CCC(O)C2)cc1. The first kappa shape index (κ1) is 12.4. The number of nitrogens with zero attached hydrogens (tertiary/aromatic N) is 1. The van der Waals surface area contributed by atoms with Gasteiger partial charge in [0, 0.05) is 24.8 Å². The van der Waals surface area contributed by atoms with Crippen LogP contribution in [-0.4, -0.2) is 31.3 Å². The van der Waals surface area contributed by atoms with E-state index in [9.17, 15) is 5.11 Å². The fraction of sp³-hybridized carbons (Fsp3) is 0.571. The maximum Gasteiger partial charge on any atom is 0.0731 e. The second kappa shape index (κ2) is 5.52. The first-order chi connectivity index (χ1) is 8.24. The molecule has 0 aliphatic carbocycles. The Morgan fingerprint density at radius 2 is 2.12 bits per heavy atom. The van der Waals surface area contributed by atoms with Crippen molar-refractivity contribution in [3.05, 3.63) is 29.8 Å². The van der Waals surface area contributed by atoms with Crippen molar-refractivity contribution in [2.75, 3.05) is 25.0 Å². The molecule has 0 spiro atoms. The quantitative estimate of drug-likeness (QED) is 0.835. The minimum atomic E-state index is -0.157. The van der Waals surface area contributed by atoms with Gasteiger partial charge in [0.25, 0.3) is 0 Å². The predicted molar refractivity (Wildman–Crippen MR) is 71.4 cm³/mol. The lowest BCUT2D eigenvalue weighted by atomic mass is 10.0. The van der Waals surface area contributed by atoms with E-state index in [0.717, 1.165) is 25.9 Å². The molecule has 0 amide bonds. The highest BCUT2D eigenvalue weighted by Gasteiger charge is 2.20. The van der Waals surface area contributed by atoms with Crippen LogP contribution in [0.4, 0.5) is 5.69 Å². The van der Waals surface area contributed by atoms with Crippen molar-refractivity contribution < 1.29 is 5.11 Å². The first-order valence-corrected chi connectivity index (χ1v) is 6.44. The number of β-amino-alcohol motifs (C(OH)–C–C–N with tert-alkyl or cyclic N) is 1. The standard InChI is InChI=1S/C14H22N2O/c1-3-14(15-2)11-4-6-12(7-5-11)16-9-8-13(17)10-16/h4-7,13-15,17H,3,8-10H2,1-2H3. The van der Waals surface area contributed by atoms with Crippen molar-refractivity contribution in [3.8, 4) is 0 Å². The summed E-state index contributed by atoms with van der Waals surface area (Å²) >= 11 is 0. The molecular weight excluding hydrogens is 212 g/mol. The molecule has 1 saturated heterocycles. The molecule has 0 radical (unpaired) electrons. The highest BCUT2D eigenvalue weighted by Crippen LogP contribution is 2.23. The fourth-order valence-electron chi connectivity index (χ4n) is 2.50. The third-order valence-electron chi connectivity index (χ3n) is 3.58. The number of hydrogen-bond acceptors (Lipinski definition) is 3. The summed E-state index contributed by atoms with van der Waals surface area (Å²) in [4.78, 5) is 2.24.